The highest BCUT2D eigenvalue weighted by atomic mass is 32.1. The van der Waals surface area contributed by atoms with Crippen LogP contribution in [0, 0.1) is 11.2 Å². The number of aryl methyl sites for hydroxylation is 3. The number of hydrogen-bond acceptors (Lipinski definition) is 3. The summed E-state index contributed by atoms with van der Waals surface area (Å²) in [4.78, 5) is 17.3. The van der Waals surface area contributed by atoms with Gasteiger partial charge in [0.15, 0.2) is 0 Å². The molecule has 1 aromatic heterocycles. The fourth-order valence-electron chi connectivity index (χ4n) is 3.69. The number of ether oxygens (including phenoxy) is 1. The van der Waals surface area contributed by atoms with Crippen molar-refractivity contribution in [3.05, 3.63) is 57.5 Å². The fraction of sp³-hybridized carbons (Fsp3) is 0.542. The first-order valence-electron chi connectivity index (χ1n) is 10.6. The van der Waals surface area contributed by atoms with Crippen molar-refractivity contribution in [1.29, 1.82) is 0 Å². The van der Waals surface area contributed by atoms with Crippen molar-refractivity contribution in [1.82, 2.24) is 4.90 Å². The van der Waals surface area contributed by atoms with Crippen molar-refractivity contribution in [2.24, 2.45) is 5.41 Å². The minimum absolute atomic E-state index is 0.00211. The summed E-state index contributed by atoms with van der Waals surface area (Å²) in [5, 5.41) is 0. The molecule has 1 aliphatic rings. The third-order valence-electron chi connectivity index (χ3n) is 5.56. The smallest absolute Gasteiger partial charge is 0.223 e. The van der Waals surface area contributed by atoms with Gasteiger partial charge in [-0.3, -0.25) is 4.79 Å². The van der Waals surface area contributed by atoms with E-state index in [4.69, 9.17) is 4.74 Å². The third-order valence-corrected chi connectivity index (χ3v) is 6.77. The molecule has 0 radical (unpaired) electrons. The van der Waals surface area contributed by atoms with E-state index >= 15 is 0 Å². The first-order valence-corrected chi connectivity index (χ1v) is 11.4. The molecular formula is C24H32FNO2S. The highest BCUT2D eigenvalue weighted by Crippen LogP contribution is 2.30. The molecule has 0 aliphatic carbocycles. The van der Waals surface area contributed by atoms with Crippen LogP contribution in [0.1, 0.15) is 48.4 Å². The molecular weight excluding hydrogens is 385 g/mol. The Morgan fingerprint density at radius 1 is 1.03 bits per heavy atom. The van der Waals surface area contributed by atoms with E-state index in [9.17, 15) is 9.18 Å². The van der Waals surface area contributed by atoms with Crippen LogP contribution in [-0.4, -0.2) is 37.1 Å². The maximum atomic E-state index is 13.0. The monoisotopic (exact) mass is 417 g/mol. The van der Waals surface area contributed by atoms with E-state index in [1.165, 1.54) is 27.5 Å². The van der Waals surface area contributed by atoms with Crippen molar-refractivity contribution in [3.63, 3.8) is 0 Å². The molecule has 0 unspecified atom stereocenters. The molecule has 5 heteroatoms. The quantitative estimate of drug-likeness (QED) is 0.556. The molecule has 3 nitrogen and oxygen atoms in total. The molecule has 0 N–H and O–H groups in total. The van der Waals surface area contributed by atoms with Crippen molar-refractivity contribution < 1.29 is 13.9 Å². The van der Waals surface area contributed by atoms with Crippen LogP contribution in [0.2, 0.25) is 0 Å². The first-order chi connectivity index (χ1) is 13.9. The van der Waals surface area contributed by atoms with Gasteiger partial charge < -0.3 is 9.64 Å². The summed E-state index contributed by atoms with van der Waals surface area (Å²) in [7, 11) is 0. The maximum Gasteiger partial charge on any atom is 0.223 e. The summed E-state index contributed by atoms with van der Waals surface area (Å²) in [6.07, 6.45) is 5.74. The van der Waals surface area contributed by atoms with Gasteiger partial charge in [0.1, 0.15) is 5.82 Å². The van der Waals surface area contributed by atoms with E-state index in [1.54, 1.807) is 0 Å². The zero-order valence-electron chi connectivity index (χ0n) is 17.6. The number of halogens is 1. The Balaban J connectivity index is 1.40. The molecule has 1 aromatic carbocycles. The summed E-state index contributed by atoms with van der Waals surface area (Å²) in [5.74, 6) is 0.0807. The lowest BCUT2D eigenvalue weighted by atomic mass is 9.83. The molecule has 158 valence electrons. The number of benzene rings is 1. The molecule has 1 aliphatic heterocycles. The molecule has 3 rings (SSSR count). The van der Waals surface area contributed by atoms with Crippen molar-refractivity contribution in [2.75, 3.05) is 26.3 Å². The molecule has 0 saturated carbocycles. The van der Waals surface area contributed by atoms with Crippen LogP contribution in [0.15, 0.2) is 36.4 Å². The molecule has 2 aromatic rings. The third kappa shape index (κ3) is 7.23. The zero-order chi connectivity index (χ0) is 20.7. The number of carbonyl (C=O) groups is 1. The van der Waals surface area contributed by atoms with E-state index in [-0.39, 0.29) is 17.1 Å². The molecule has 0 spiro atoms. The minimum Gasteiger partial charge on any atom is -0.378 e. The fourth-order valence-corrected chi connectivity index (χ4v) is 4.75. The number of amides is 1. The average molecular weight is 418 g/mol. The van der Waals surface area contributed by atoms with Gasteiger partial charge in [0.05, 0.1) is 13.2 Å². The summed E-state index contributed by atoms with van der Waals surface area (Å²) in [6, 6.07) is 11.3. The SMILES string of the molecule is CC(C)(CCc1ccc(CCCc2ccc(F)cc2)s1)CC(=O)N1CCOCC1. The van der Waals surface area contributed by atoms with Gasteiger partial charge in [-0.05, 0) is 67.3 Å². The van der Waals surface area contributed by atoms with Gasteiger partial charge in [-0.15, -0.1) is 11.3 Å². The van der Waals surface area contributed by atoms with Crippen LogP contribution in [0.5, 0.6) is 0 Å². The highest BCUT2D eigenvalue weighted by Gasteiger charge is 2.26. The number of carbonyl (C=O) groups excluding carboxylic acids is 1. The Labute approximate surface area is 177 Å². The van der Waals surface area contributed by atoms with Crippen molar-refractivity contribution in [3.8, 4) is 0 Å². The Kier molecular flexibility index (Phi) is 7.84. The number of hydrogen-bond donors (Lipinski definition) is 0. The second-order valence-corrected chi connectivity index (χ2v) is 9.94. The predicted molar refractivity (Wildman–Crippen MR) is 117 cm³/mol. The number of morpholine rings is 1. The van der Waals surface area contributed by atoms with E-state index in [0.717, 1.165) is 45.2 Å². The van der Waals surface area contributed by atoms with E-state index in [1.807, 2.05) is 28.4 Å². The number of nitrogens with zero attached hydrogens (tertiary/aromatic N) is 1. The summed E-state index contributed by atoms with van der Waals surface area (Å²) < 4.78 is 18.3. The van der Waals surface area contributed by atoms with Crippen LogP contribution >= 0.6 is 11.3 Å². The van der Waals surface area contributed by atoms with Gasteiger partial charge in [-0.1, -0.05) is 26.0 Å². The number of thiophene rings is 1. The van der Waals surface area contributed by atoms with E-state index < -0.39 is 0 Å². The molecule has 29 heavy (non-hydrogen) atoms. The van der Waals surface area contributed by atoms with Gasteiger partial charge in [-0.2, -0.15) is 0 Å². The first kappa shape index (κ1) is 22.0. The molecule has 0 bridgehead atoms. The molecule has 1 saturated heterocycles. The Hall–Kier alpha value is -1.72. The normalized spacial score (nSPS) is 14.9. The molecule has 1 fully saturated rings. The van der Waals surface area contributed by atoms with Crippen molar-refractivity contribution >= 4 is 17.2 Å². The Bertz CT molecular complexity index is 778. The summed E-state index contributed by atoms with van der Waals surface area (Å²) in [6.45, 7) is 7.16. The standard InChI is InChI=1S/C24H32FNO2S/c1-24(2,18-23(27)26-14-16-28-17-15-26)13-12-22-11-10-21(29-22)5-3-4-19-6-8-20(25)9-7-19/h6-11H,3-5,12-18H2,1-2H3. The second-order valence-electron chi connectivity index (χ2n) is 8.68. The van der Waals surface area contributed by atoms with Crippen LogP contribution in [-0.2, 0) is 28.8 Å². The van der Waals surface area contributed by atoms with Crippen LogP contribution in [0.3, 0.4) is 0 Å². The van der Waals surface area contributed by atoms with Gasteiger partial charge in [0.2, 0.25) is 5.91 Å². The topological polar surface area (TPSA) is 29.5 Å². The van der Waals surface area contributed by atoms with E-state index in [0.29, 0.717) is 19.6 Å². The largest absolute Gasteiger partial charge is 0.378 e. The van der Waals surface area contributed by atoms with Gasteiger partial charge in [0.25, 0.3) is 0 Å². The highest BCUT2D eigenvalue weighted by molar-refractivity contribution is 7.11. The van der Waals surface area contributed by atoms with Gasteiger partial charge in [-0.25, -0.2) is 4.39 Å². The maximum absolute atomic E-state index is 13.0. The second kappa shape index (κ2) is 10.4. The van der Waals surface area contributed by atoms with Gasteiger partial charge >= 0.3 is 0 Å². The predicted octanol–water partition coefficient (Wildman–Crippen LogP) is 5.27. The lowest BCUT2D eigenvalue weighted by Crippen LogP contribution is -2.42. The molecule has 1 amide bonds. The lowest BCUT2D eigenvalue weighted by molar-refractivity contribution is -0.137. The van der Waals surface area contributed by atoms with Crippen LogP contribution < -0.4 is 0 Å². The van der Waals surface area contributed by atoms with E-state index in [2.05, 4.69) is 26.0 Å². The van der Waals surface area contributed by atoms with Gasteiger partial charge in [0, 0.05) is 29.3 Å². The molecule has 2 heterocycles. The zero-order valence-corrected chi connectivity index (χ0v) is 18.4. The Morgan fingerprint density at radius 3 is 2.38 bits per heavy atom. The summed E-state index contributed by atoms with van der Waals surface area (Å²) in [5.41, 5.74) is 1.19. The van der Waals surface area contributed by atoms with Crippen molar-refractivity contribution in [2.45, 2.75) is 52.4 Å². The number of rotatable bonds is 9. The molecule has 0 atom stereocenters. The lowest BCUT2D eigenvalue weighted by Gasteiger charge is -2.31. The summed E-state index contributed by atoms with van der Waals surface area (Å²) >= 11 is 1.89. The van der Waals surface area contributed by atoms with Crippen LogP contribution in [0.25, 0.3) is 0 Å². The van der Waals surface area contributed by atoms with Crippen LogP contribution in [0.4, 0.5) is 4.39 Å². The average Bonchev–Trinajstić information content (AvgIpc) is 3.16. The minimum atomic E-state index is -0.175. The Morgan fingerprint density at radius 2 is 1.69 bits per heavy atom.